The number of nitrogens with two attached hydrogens (primary N) is 2. The number of hydrogen-bond donors (Lipinski definition) is 3. The zero-order valence-electron chi connectivity index (χ0n) is 8.10. The molecule has 0 radical (unpaired) electrons. The largest absolute Gasteiger partial charge is 0.369 e. The van der Waals surface area contributed by atoms with E-state index in [0.717, 1.165) is 5.56 Å². The van der Waals surface area contributed by atoms with Crippen molar-refractivity contribution in [1.82, 2.24) is 5.43 Å². The summed E-state index contributed by atoms with van der Waals surface area (Å²) < 4.78 is 0. The van der Waals surface area contributed by atoms with Gasteiger partial charge in [-0.1, -0.05) is 6.07 Å². The van der Waals surface area contributed by atoms with Crippen LogP contribution in [0.25, 0.3) is 0 Å². The number of hydrazine groups is 1. The molecule has 0 amide bonds. The minimum absolute atomic E-state index is 0.0815. The molecule has 0 bridgehead atoms. The molecule has 1 aromatic carbocycles. The Morgan fingerprint density at radius 2 is 2.27 bits per heavy atom. The lowest BCUT2D eigenvalue weighted by atomic mass is 10.2. The highest BCUT2D eigenvalue weighted by molar-refractivity contribution is 5.82. The van der Waals surface area contributed by atoms with Crippen molar-refractivity contribution in [1.29, 1.82) is 0 Å². The Kier molecular flexibility index (Phi) is 3.19. The van der Waals surface area contributed by atoms with E-state index >= 15 is 0 Å². The van der Waals surface area contributed by atoms with Gasteiger partial charge in [0.05, 0.1) is 4.92 Å². The van der Waals surface area contributed by atoms with Gasteiger partial charge in [-0.15, -0.1) is 0 Å². The topological polar surface area (TPSA) is 120 Å². The highest BCUT2D eigenvalue weighted by atomic mass is 16.6. The second-order valence-corrected chi connectivity index (χ2v) is 2.89. The monoisotopic (exact) mass is 209 g/mol. The van der Waals surface area contributed by atoms with Crippen molar-refractivity contribution in [3.05, 3.63) is 33.9 Å². The molecule has 0 saturated carbocycles. The van der Waals surface area contributed by atoms with E-state index in [-0.39, 0.29) is 17.3 Å². The van der Waals surface area contributed by atoms with E-state index in [9.17, 15) is 10.1 Å². The van der Waals surface area contributed by atoms with Gasteiger partial charge in [0, 0.05) is 6.07 Å². The Morgan fingerprint density at radius 1 is 1.60 bits per heavy atom. The first-order chi connectivity index (χ1) is 7.04. The number of hydrogen-bond acceptors (Lipinski definition) is 4. The van der Waals surface area contributed by atoms with E-state index in [1.807, 2.05) is 0 Å². The molecular formula is C8H11N5O2. The van der Waals surface area contributed by atoms with Gasteiger partial charge < -0.3 is 5.73 Å². The van der Waals surface area contributed by atoms with Crippen LogP contribution in [0.3, 0.4) is 0 Å². The summed E-state index contributed by atoms with van der Waals surface area (Å²) in [5.74, 6) is 4.92. The summed E-state index contributed by atoms with van der Waals surface area (Å²) in [5, 5.41) is 10.7. The molecule has 0 aliphatic carbocycles. The number of aryl methyl sites for hydroxylation is 1. The van der Waals surface area contributed by atoms with E-state index < -0.39 is 4.92 Å². The van der Waals surface area contributed by atoms with Gasteiger partial charge in [-0.3, -0.25) is 15.5 Å². The number of nitro benzene ring substituents is 1. The summed E-state index contributed by atoms with van der Waals surface area (Å²) in [4.78, 5) is 13.9. The molecule has 0 aliphatic rings. The molecule has 1 rings (SSSR count). The maximum absolute atomic E-state index is 10.7. The van der Waals surface area contributed by atoms with Crippen LogP contribution >= 0.6 is 0 Å². The summed E-state index contributed by atoms with van der Waals surface area (Å²) in [7, 11) is 0. The highest BCUT2D eigenvalue weighted by Crippen LogP contribution is 2.27. The second kappa shape index (κ2) is 4.38. The number of nitrogens with one attached hydrogen (secondary N) is 1. The van der Waals surface area contributed by atoms with Gasteiger partial charge in [0.25, 0.3) is 5.69 Å². The van der Waals surface area contributed by atoms with Crippen LogP contribution in [-0.4, -0.2) is 10.9 Å². The van der Waals surface area contributed by atoms with Gasteiger partial charge in [0.2, 0.25) is 5.96 Å². The predicted octanol–water partition coefficient (Wildman–Crippen LogP) is 0.313. The fourth-order valence-corrected chi connectivity index (χ4v) is 1.04. The molecule has 80 valence electrons. The zero-order valence-corrected chi connectivity index (χ0v) is 8.10. The molecule has 0 aliphatic heterocycles. The summed E-state index contributed by atoms with van der Waals surface area (Å²) in [6, 6.07) is 4.63. The van der Waals surface area contributed by atoms with Crippen molar-refractivity contribution < 1.29 is 4.92 Å². The van der Waals surface area contributed by atoms with Crippen LogP contribution in [0.4, 0.5) is 11.4 Å². The van der Waals surface area contributed by atoms with Gasteiger partial charge >= 0.3 is 0 Å². The Morgan fingerprint density at radius 3 is 2.80 bits per heavy atom. The quantitative estimate of drug-likeness (QED) is 0.213. The fourth-order valence-electron chi connectivity index (χ4n) is 1.04. The van der Waals surface area contributed by atoms with Crippen LogP contribution in [0.2, 0.25) is 0 Å². The third-order valence-electron chi connectivity index (χ3n) is 1.72. The molecule has 5 N–H and O–H groups in total. The molecule has 0 heterocycles. The Bertz CT molecular complexity index is 415. The molecular weight excluding hydrogens is 198 g/mol. The SMILES string of the molecule is Cc1ccc(N=C(N)NN)c([N+](=O)[O-])c1. The summed E-state index contributed by atoms with van der Waals surface area (Å²) in [5.41, 5.74) is 8.24. The van der Waals surface area contributed by atoms with Crippen molar-refractivity contribution in [2.45, 2.75) is 6.92 Å². The predicted molar refractivity (Wildman–Crippen MR) is 56.4 cm³/mol. The number of aliphatic imine (C=N–C) groups is 1. The average Bonchev–Trinajstić information content (AvgIpc) is 2.20. The number of nitrogens with zero attached hydrogens (tertiary/aromatic N) is 2. The first kappa shape index (κ1) is 10.9. The molecule has 7 nitrogen and oxygen atoms in total. The molecule has 0 atom stereocenters. The van der Waals surface area contributed by atoms with Crippen LogP contribution in [0.5, 0.6) is 0 Å². The van der Waals surface area contributed by atoms with Crippen molar-refractivity contribution >= 4 is 17.3 Å². The summed E-state index contributed by atoms with van der Waals surface area (Å²) >= 11 is 0. The minimum atomic E-state index is -0.518. The molecule has 7 heteroatoms. The summed E-state index contributed by atoms with van der Waals surface area (Å²) in [6.07, 6.45) is 0. The van der Waals surface area contributed by atoms with Crippen molar-refractivity contribution in [2.24, 2.45) is 16.6 Å². The van der Waals surface area contributed by atoms with Gasteiger partial charge in [-0.25, -0.2) is 10.8 Å². The smallest absolute Gasteiger partial charge is 0.295 e. The average molecular weight is 209 g/mol. The number of nitro groups is 1. The van der Waals surface area contributed by atoms with E-state index in [0.29, 0.717) is 0 Å². The molecule has 0 spiro atoms. The standard InChI is InChI=1S/C8H11N5O2/c1-5-2-3-6(11-8(9)12-10)7(4-5)13(14)15/h2-4H,10H2,1H3,(H3,9,11,12). The summed E-state index contributed by atoms with van der Waals surface area (Å²) in [6.45, 7) is 1.75. The number of guanidine groups is 1. The van der Waals surface area contributed by atoms with Crippen molar-refractivity contribution in [3.63, 3.8) is 0 Å². The lowest BCUT2D eigenvalue weighted by Gasteiger charge is -2.01. The van der Waals surface area contributed by atoms with Crippen molar-refractivity contribution in [2.75, 3.05) is 0 Å². The van der Waals surface area contributed by atoms with Crippen LogP contribution < -0.4 is 17.0 Å². The third kappa shape index (κ3) is 2.64. The van der Waals surface area contributed by atoms with E-state index in [4.69, 9.17) is 11.6 Å². The molecule has 15 heavy (non-hydrogen) atoms. The molecule has 1 aromatic rings. The van der Waals surface area contributed by atoms with Crippen LogP contribution in [0.1, 0.15) is 5.56 Å². The second-order valence-electron chi connectivity index (χ2n) is 2.89. The van der Waals surface area contributed by atoms with Crippen LogP contribution in [-0.2, 0) is 0 Å². The van der Waals surface area contributed by atoms with Gasteiger partial charge in [0.1, 0.15) is 5.69 Å². The minimum Gasteiger partial charge on any atom is -0.369 e. The lowest BCUT2D eigenvalue weighted by molar-refractivity contribution is -0.384. The lowest BCUT2D eigenvalue weighted by Crippen LogP contribution is -2.36. The first-order valence-electron chi connectivity index (χ1n) is 4.10. The number of benzene rings is 1. The molecule has 0 aromatic heterocycles. The number of rotatable bonds is 2. The normalized spacial score (nSPS) is 11.2. The molecule has 0 saturated heterocycles. The van der Waals surface area contributed by atoms with Crippen LogP contribution in [0, 0.1) is 17.0 Å². The maximum atomic E-state index is 10.7. The van der Waals surface area contributed by atoms with Crippen molar-refractivity contribution in [3.8, 4) is 0 Å². The van der Waals surface area contributed by atoms with E-state index in [2.05, 4.69) is 10.4 Å². The van der Waals surface area contributed by atoms with Gasteiger partial charge in [-0.2, -0.15) is 0 Å². The van der Waals surface area contributed by atoms with E-state index in [1.54, 1.807) is 13.0 Å². The maximum Gasteiger partial charge on any atom is 0.295 e. The fraction of sp³-hybridized carbons (Fsp3) is 0.125. The Hall–Kier alpha value is -2.15. The Balaban J connectivity index is 3.23. The Labute approximate surface area is 85.9 Å². The molecule has 0 unspecified atom stereocenters. The molecule has 0 fully saturated rings. The first-order valence-corrected chi connectivity index (χ1v) is 4.10. The van der Waals surface area contributed by atoms with E-state index in [1.165, 1.54) is 12.1 Å². The zero-order chi connectivity index (χ0) is 11.4. The third-order valence-corrected chi connectivity index (χ3v) is 1.72. The highest BCUT2D eigenvalue weighted by Gasteiger charge is 2.13. The van der Waals surface area contributed by atoms with Crippen LogP contribution in [0.15, 0.2) is 23.2 Å². The van der Waals surface area contributed by atoms with Gasteiger partial charge in [-0.05, 0) is 18.6 Å². The van der Waals surface area contributed by atoms with Gasteiger partial charge in [0.15, 0.2) is 0 Å².